The van der Waals surface area contributed by atoms with Crippen molar-refractivity contribution < 1.29 is 14.1 Å². The lowest BCUT2D eigenvalue weighted by Crippen LogP contribution is -2.34. The van der Waals surface area contributed by atoms with Crippen LogP contribution in [0, 0.1) is 10.1 Å². The molecule has 3 aromatic carbocycles. The molecule has 4 aromatic rings. The second-order valence-corrected chi connectivity index (χ2v) is 8.89. The number of thiocarbonyl (C=S) groups is 1. The van der Waals surface area contributed by atoms with Crippen molar-refractivity contribution in [3.63, 3.8) is 0 Å². The molecule has 1 aliphatic heterocycles. The lowest BCUT2D eigenvalue weighted by molar-refractivity contribution is -0.384. The molecule has 0 aliphatic carbocycles. The Kier molecular flexibility index (Phi) is 6.59. The summed E-state index contributed by atoms with van der Waals surface area (Å²) in [7, 11) is 0. The van der Waals surface area contributed by atoms with E-state index in [4.69, 9.17) is 16.6 Å². The zero-order valence-electron chi connectivity index (χ0n) is 19.3. The van der Waals surface area contributed by atoms with E-state index in [2.05, 4.69) is 15.6 Å². The van der Waals surface area contributed by atoms with Crippen molar-refractivity contribution in [3.8, 4) is 11.5 Å². The van der Waals surface area contributed by atoms with E-state index in [9.17, 15) is 14.9 Å². The fourth-order valence-corrected chi connectivity index (χ4v) is 4.45. The minimum Gasteiger partial charge on any atom is -0.436 e. The number of aromatic nitrogens is 1. The standard InChI is InChI=1S/C26H23N5O4S/c32-24(18-10-13-21(22(16-18)31(33)34)30-14-4-1-5-15-30)29-26(36)27-19-11-8-17(9-12-19)25-28-20-6-2-3-7-23(20)35-25/h2-3,6-13,16H,1,4-5,14-15H2,(H2,27,29,32,36). The smallest absolute Gasteiger partial charge is 0.293 e. The number of nitrogens with zero attached hydrogens (tertiary/aromatic N) is 3. The van der Waals surface area contributed by atoms with Gasteiger partial charge >= 0.3 is 0 Å². The van der Waals surface area contributed by atoms with E-state index in [1.165, 1.54) is 6.07 Å². The van der Waals surface area contributed by atoms with Crippen LogP contribution >= 0.6 is 12.2 Å². The number of amides is 1. The van der Waals surface area contributed by atoms with Crippen LogP contribution in [0.2, 0.25) is 0 Å². The molecule has 0 saturated carbocycles. The van der Waals surface area contributed by atoms with E-state index in [0.29, 0.717) is 22.8 Å². The van der Waals surface area contributed by atoms with Crippen LogP contribution in [0.3, 0.4) is 0 Å². The number of benzene rings is 3. The SMILES string of the molecule is O=C(NC(=S)Nc1ccc(-c2nc3ccccc3o2)cc1)c1ccc(N2CCCCC2)c([N+](=O)[O-])c1. The number of fused-ring (bicyclic) bond motifs is 1. The minimum atomic E-state index is -0.524. The van der Waals surface area contributed by atoms with Crippen LogP contribution in [0.1, 0.15) is 29.6 Å². The summed E-state index contributed by atoms with van der Waals surface area (Å²) in [6.07, 6.45) is 3.11. The van der Waals surface area contributed by atoms with Crippen LogP contribution in [0.5, 0.6) is 0 Å². The summed E-state index contributed by atoms with van der Waals surface area (Å²) in [4.78, 5) is 30.5. The molecule has 10 heteroatoms. The summed E-state index contributed by atoms with van der Waals surface area (Å²) >= 11 is 5.28. The topological polar surface area (TPSA) is 114 Å². The second-order valence-electron chi connectivity index (χ2n) is 8.48. The van der Waals surface area contributed by atoms with Gasteiger partial charge < -0.3 is 14.6 Å². The molecular formula is C26H23N5O4S. The number of nitrogens with one attached hydrogen (secondary N) is 2. The summed E-state index contributed by atoms with van der Waals surface area (Å²) in [5.74, 6) is -0.0166. The Bertz CT molecular complexity index is 1410. The zero-order chi connectivity index (χ0) is 25.1. The Morgan fingerprint density at radius 3 is 2.50 bits per heavy atom. The summed E-state index contributed by atoms with van der Waals surface area (Å²) in [5.41, 5.74) is 3.57. The average Bonchev–Trinajstić information content (AvgIpc) is 3.33. The van der Waals surface area contributed by atoms with Gasteiger partial charge in [-0.2, -0.15) is 0 Å². The van der Waals surface area contributed by atoms with Gasteiger partial charge in [-0.05, 0) is 80.0 Å². The van der Waals surface area contributed by atoms with Crippen molar-refractivity contribution in [1.29, 1.82) is 0 Å². The van der Waals surface area contributed by atoms with Crippen molar-refractivity contribution in [2.45, 2.75) is 19.3 Å². The molecule has 1 amide bonds. The van der Waals surface area contributed by atoms with E-state index in [1.54, 1.807) is 24.3 Å². The molecule has 1 saturated heterocycles. The fourth-order valence-electron chi connectivity index (χ4n) is 4.24. The van der Waals surface area contributed by atoms with Crippen molar-refractivity contribution in [2.24, 2.45) is 0 Å². The van der Waals surface area contributed by atoms with Gasteiger partial charge in [0.05, 0.1) is 4.92 Å². The molecule has 0 atom stereocenters. The predicted molar refractivity (Wildman–Crippen MR) is 142 cm³/mol. The maximum atomic E-state index is 12.7. The molecule has 0 radical (unpaired) electrons. The Morgan fingerprint density at radius 1 is 1.03 bits per heavy atom. The molecule has 9 nitrogen and oxygen atoms in total. The molecule has 0 unspecified atom stereocenters. The molecule has 0 spiro atoms. The number of hydrogen-bond acceptors (Lipinski definition) is 7. The van der Waals surface area contributed by atoms with Gasteiger partial charge in [0.1, 0.15) is 11.2 Å². The first-order valence-corrected chi connectivity index (χ1v) is 12.0. The van der Waals surface area contributed by atoms with Gasteiger partial charge in [-0.3, -0.25) is 20.2 Å². The van der Waals surface area contributed by atoms with Crippen molar-refractivity contribution in [3.05, 3.63) is 82.4 Å². The van der Waals surface area contributed by atoms with Crippen LogP contribution in [0.4, 0.5) is 17.1 Å². The number of rotatable bonds is 5. The van der Waals surface area contributed by atoms with E-state index in [0.717, 1.165) is 43.4 Å². The average molecular weight is 502 g/mol. The molecule has 36 heavy (non-hydrogen) atoms. The van der Waals surface area contributed by atoms with Gasteiger partial charge in [-0.25, -0.2) is 4.98 Å². The molecule has 2 heterocycles. The van der Waals surface area contributed by atoms with Gasteiger partial charge in [-0.15, -0.1) is 0 Å². The Balaban J connectivity index is 1.24. The van der Waals surface area contributed by atoms with E-state index >= 15 is 0 Å². The summed E-state index contributed by atoms with van der Waals surface area (Å²) < 4.78 is 5.78. The Morgan fingerprint density at radius 2 is 1.78 bits per heavy atom. The van der Waals surface area contributed by atoms with Crippen LogP contribution < -0.4 is 15.5 Å². The Hall–Kier alpha value is -4.31. The van der Waals surface area contributed by atoms with Crippen LogP contribution in [-0.4, -0.2) is 34.0 Å². The number of carbonyl (C=O) groups is 1. The first-order valence-electron chi connectivity index (χ1n) is 11.6. The summed E-state index contributed by atoms with van der Waals surface area (Å²) in [6, 6.07) is 19.3. The monoisotopic (exact) mass is 501 g/mol. The molecular weight excluding hydrogens is 478 g/mol. The fraction of sp³-hybridized carbons (Fsp3) is 0.192. The highest BCUT2D eigenvalue weighted by Crippen LogP contribution is 2.31. The molecule has 5 rings (SSSR count). The molecule has 0 bridgehead atoms. The van der Waals surface area contributed by atoms with Gasteiger partial charge in [0.2, 0.25) is 5.89 Å². The first-order chi connectivity index (χ1) is 17.5. The minimum absolute atomic E-state index is 0.0809. The van der Waals surface area contributed by atoms with Crippen LogP contribution in [-0.2, 0) is 0 Å². The van der Waals surface area contributed by atoms with Crippen molar-refractivity contribution in [2.75, 3.05) is 23.3 Å². The number of hydrogen-bond donors (Lipinski definition) is 2. The largest absolute Gasteiger partial charge is 0.436 e. The highest BCUT2D eigenvalue weighted by atomic mass is 32.1. The van der Waals surface area contributed by atoms with Crippen LogP contribution in [0.15, 0.2) is 71.1 Å². The highest BCUT2D eigenvalue weighted by Gasteiger charge is 2.23. The number of carbonyl (C=O) groups excluding carboxylic acids is 1. The molecule has 182 valence electrons. The molecule has 2 N–H and O–H groups in total. The predicted octanol–water partition coefficient (Wildman–Crippen LogP) is 5.52. The molecule has 1 aliphatic rings. The third kappa shape index (κ3) is 5.03. The number of nitro groups is 1. The maximum absolute atomic E-state index is 12.7. The lowest BCUT2D eigenvalue weighted by Gasteiger charge is -2.28. The van der Waals surface area contributed by atoms with Crippen molar-refractivity contribution >= 4 is 51.4 Å². The number of anilines is 2. The molecule has 1 aromatic heterocycles. The third-order valence-corrected chi connectivity index (χ3v) is 6.25. The number of oxazole rings is 1. The summed E-state index contributed by atoms with van der Waals surface area (Å²) in [6.45, 7) is 1.54. The quantitative estimate of drug-likeness (QED) is 0.209. The van der Waals surface area contributed by atoms with Gasteiger partial charge in [0, 0.05) is 36.0 Å². The maximum Gasteiger partial charge on any atom is 0.293 e. The van der Waals surface area contributed by atoms with Gasteiger partial charge in [0.15, 0.2) is 10.7 Å². The van der Waals surface area contributed by atoms with Gasteiger partial charge in [0.25, 0.3) is 11.6 Å². The van der Waals surface area contributed by atoms with E-state index < -0.39 is 10.8 Å². The zero-order valence-corrected chi connectivity index (χ0v) is 20.1. The normalized spacial score (nSPS) is 13.4. The van der Waals surface area contributed by atoms with Crippen molar-refractivity contribution in [1.82, 2.24) is 10.3 Å². The molecule has 1 fully saturated rings. The lowest BCUT2D eigenvalue weighted by atomic mass is 10.1. The summed E-state index contributed by atoms with van der Waals surface area (Å²) in [5, 5.41) is 17.3. The van der Waals surface area contributed by atoms with Crippen LogP contribution in [0.25, 0.3) is 22.6 Å². The highest BCUT2D eigenvalue weighted by molar-refractivity contribution is 7.80. The number of piperidine rings is 1. The number of para-hydroxylation sites is 2. The number of nitro benzene ring substituents is 1. The Labute approximate surface area is 212 Å². The first kappa shape index (κ1) is 23.4. The van der Waals surface area contributed by atoms with Gasteiger partial charge in [-0.1, -0.05) is 12.1 Å². The second kappa shape index (κ2) is 10.1. The van der Waals surface area contributed by atoms with E-state index in [-0.39, 0.29) is 16.4 Å². The third-order valence-electron chi connectivity index (χ3n) is 6.04. The van der Waals surface area contributed by atoms with E-state index in [1.807, 2.05) is 41.3 Å².